The van der Waals surface area contributed by atoms with E-state index in [1.165, 1.54) is 6.92 Å². The van der Waals surface area contributed by atoms with E-state index in [9.17, 15) is 9.59 Å². The molecule has 0 aliphatic rings. The fraction of sp³-hybridized carbons (Fsp3) is 0.500. The van der Waals surface area contributed by atoms with Crippen LogP contribution >= 0.6 is 0 Å². The topological polar surface area (TPSA) is 72.2 Å². The van der Waals surface area contributed by atoms with E-state index in [-0.39, 0.29) is 24.5 Å². The van der Waals surface area contributed by atoms with Crippen molar-refractivity contribution in [1.29, 1.82) is 0 Å². The Morgan fingerprint density at radius 2 is 2.00 bits per heavy atom. The fourth-order valence-corrected chi connectivity index (χ4v) is 1.01. The van der Waals surface area contributed by atoms with Crippen LogP contribution in [-0.2, 0) is 9.59 Å². The lowest BCUT2D eigenvalue weighted by atomic mass is 10.2. The Hall–Kier alpha value is -1.65. The maximum atomic E-state index is 11.3. The van der Waals surface area contributed by atoms with E-state index in [1.807, 2.05) is 6.92 Å². The lowest BCUT2D eigenvalue weighted by molar-refractivity contribution is -0.121. The van der Waals surface area contributed by atoms with E-state index in [2.05, 4.69) is 10.5 Å². The zero-order valence-electron chi connectivity index (χ0n) is 9.09. The number of aromatic nitrogens is 1. The molecule has 0 saturated heterocycles. The van der Waals surface area contributed by atoms with Crippen LogP contribution in [-0.4, -0.2) is 16.8 Å². The third-order valence-electron chi connectivity index (χ3n) is 2.11. The van der Waals surface area contributed by atoms with Gasteiger partial charge in [-0.15, -0.1) is 0 Å². The van der Waals surface area contributed by atoms with Crippen molar-refractivity contribution < 1.29 is 14.1 Å². The molecule has 1 heterocycles. The smallest absolute Gasteiger partial charge is 0.234 e. The van der Waals surface area contributed by atoms with Gasteiger partial charge in [-0.1, -0.05) is 5.16 Å². The van der Waals surface area contributed by atoms with E-state index in [4.69, 9.17) is 4.52 Å². The molecule has 0 bridgehead atoms. The van der Waals surface area contributed by atoms with Crippen molar-refractivity contribution in [3.05, 3.63) is 11.3 Å². The molecule has 0 unspecified atom stereocenters. The van der Waals surface area contributed by atoms with Gasteiger partial charge in [-0.05, 0) is 20.8 Å². The largest absolute Gasteiger partial charge is 0.338 e. The first kappa shape index (κ1) is 11.4. The predicted molar refractivity (Wildman–Crippen MR) is 54.5 cm³/mol. The Bertz CT molecular complexity index is 382. The molecule has 0 atom stereocenters. The average Bonchev–Trinajstić information content (AvgIpc) is 2.47. The summed E-state index contributed by atoms with van der Waals surface area (Å²) in [5, 5.41) is 6.27. The number of nitrogens with zero attached hydrogens (tertiary/aromatic N) is 1. The zero-order chi connectivity index (χ0) is 11.4. The summed E-state index contributed by atoms with van der Waals surface area (Å²) in [6.07, 6.45) is 0.423. The normalized spacial score (nSPS) is 10.1. The Balaban J connectivity index is 2.51. The summed E-state index contributed by atoms with van der Waals surface area (Å²) in [5.41, 5.74) is 1.56. The minimum atomic E-state index is -0.232. The summed E-state index contributed by atoms with van der Waals surface area (Å²) in [6, 6.07) is 0. The Morgan fingerprint density at radius 1 is 1.33 bits per heavy atom. The van der Waals surface area contributed by atoms with Gasteiger partial charge in [0.05, 0.1) is 5.69 Å². The van der Waals surface area contributed by atoms with Crippen LogP contribution in [0.3, 0.4) is 0 Å². The third-order valence-corrected chi connectivity index (χ3v) is 2.11. The second kappa shape index (κ2) is 4.72. The molecule has 0 spiro atoms. The highest BCUT2D eigenvalue weighted by Crippen LogP contribution is 2.17. The highest BCUT2D eigenvalue weighted by molar-refractivity contribution is 5.92. The van der Waals surface area contributed by atoms with E-state index >= 15 is 0 Å². The molecule has 1 aromatic rings. The zero-order valence-corrected chi connectivity index (χ0v) is 9.09. The Labute approximate surface area is 87.8 Å². The summed E-state index contributed by atoms with van der Waals surface area (Å²) in [6.45, 7) is 5.06. The molecule has 1 rings (SSSR count). The van der Waals surface area contributed by atoms with Crippen LogP contribution in [0.25, 0.3) is 0 Å². The van der Waals surface area contributed by atoms with E-state index in [0.29, 0.717) is 5.88 Å². The summed E-state index contributed by atoms with van der Waals surface area (Å²) in [5.74, 6) is 0.126. The van der Waals surface area contributed by atoms with Gasteiger partial charge in [0.15, 0.2) is 0 Å². The van der Waals surface area contributed by atoms with Crippen molar-refractivity contribution in [2.24, 2.45) is 0 Å². The molecule has 0 aliphatic heterocycles. The SMILES string of the molecule is CC(=O)CCC(=O)Nc1onc(C)c1C. The van der Waals surface area contributed by atoms with Crippen LogP contribution in [0.1, 0.15) is 31.0 Å². The van der Waals surface area contributed by atoms with Gasteiger partial charge in [-0.2, -0.15) is 0 Å². The van der Waals surface area contributed by atoms with Gasteiger partial charge in [-0.3, -0.25) is 10.1 Å². The van der Waals surface area contributed by atoms with Crippen molar-refractivity contribution in [2.75, 3.05) is 5.32 Å². The van der Waals surface area contributed by atoms with Gasteiger partial charge >= 0.3 is 0 Å². The van der Waals surface area contributed by atoms with Crippen LogP contribution < -0.4 is 5.32 Å². The number of ketones is 1. The summed E-state index contributed by atoms with van der Waals surface area (Å²) < 4.78 is 4.91. The van der Waals surface area contributed by atoms with Gasteiger partial charge in [0.25, 0.3) is 0 Å². The molecule has 5 heteroatoms. The second-order valence-electron chi connectivity index (χ2n) is 3.47. The number of nitrogens with one attached hydrogen (secondary N) is 1. The number of hydrogen-bond donors (Lipinski definition) is 1. The number of Topliss-reactive ketones (excluding diaryl/α,β-unsaturated/α-hetero) is 1. The number of hydrogen-bond acceptors (Lipinski definition) is 4. The molecule has 0 aliphatic carbocycles. The van der Waals surface area contributed by atoms with Crippen LogP contribution in [0, 0.1) is 13.8 Å². The minimum absolute atomic E-state index is 0.00405. The Morgan fingerprint density at radius 3 is 2.47 bits per heavy atom. The first-order valence-corrected chi connectivity index (χ1v) is 4.73. The third kappa shape index (κ3) is 3.19. The Kier molecular flexibility index (Phi) is 3.60. The molecular weight excluding hydrogens is 196 g/mol. The first-order chi connectivity index (χ1) is 7.00. The summed E-state index contributed by atoms with van der Waals surface area (Å²) in [4.78, 5) is 22.0. The maximum Gasteiger partial charge on any atom is 0.234 e. The minimum Gasteiger partial charge on any atom is -0.338 e. The fourth-order valence-electron chi connectivity index (χ4n) is 1.01. The van der Waals surface area contributed by atoms with Crippen molar-refractivity contribution in [3.63, 3.8) is 0 Å². The predicted octanol–water partition coefficient (Wildman–Crippen LogP) is 1.60. The monoisotopic (exact) mass is 210 g/mol. The van der Waals surface area contributed by atoms with Gasteiger partial charge in [0.2, 0.25) is 11.8 Å². The van der Waals surface area contributed by atoms with Crippen molar-refractivity contribution in [3.8, 4) is 0 Å². The number of amides is 1. The summed E-state index contributed by atoms with van der Waals surface area (Å²) >= 11 is 0. The molecule has 0 fully saturated rings. The summed E-state index contributed by atoms with van der Waals surface area (Å²) in [7, 11) is 0. The van der Waals surface area contributed by atoms with Crippen LogP contribution in [0.5, 0.6) is 0 Å². The molecule has 5 nitrogen and oxygen atoms in total. The number of carbonyl (C=O) groups excluding carboxylic acids is 2. The molecule has 15 heavy (non-hydrogen) atoms. The lowest BCUT2D eigenvalue weighted by Gasteiger charge is -2.00. The second-order valence-corrected chi connectivity index (χ2v) is 3.47. The highest BCUT2D eigenvalue weighted by Gasteiger charge is 2.11. The molecule has 1 amide bonds. The van der Waals surface area contributed by atoms with Crippen LogP contribution in [0.15, 0.2) is 4.52 Å². The lowest BCUT2D eigenvalue weighted by Crippen LogP contribution is -2.12. The standard InChI is InChI=1S/C10H14N2O3/c1-6(13)4-5-9(14)11-10-7(2)8(3)12-15-10/h4-5H2,1-3H3,(H,11,14). The molecule has 82 valence electrons. The maximum absolute atomic E-state index is 11.3. The van der Waals surface area contributed by atoms with Gasteiger partial charge < -0.3 is 9.32 Å². The number of aryl methyl sites for hydroxylation is 1. The molecule has 1 aromatic heterocycles. The van der Waals surface area contributed by atoms with Gasteiger partial charge in [0.1, 0.15) is 5.78 Å². The molecule has 0 aromatic carbocycles. The molecule has 1 N–H and O–H groups in total. The van der Waals surface area contributed by atoms with E-state index in [0.717, 1.165) is 11.3 Å². The number of carbonyl (C=O) groups is 2. The highest BCUT2D eigenvalue weighted by atomic mass is 16.5. The van der Waals surface area contributed by atoms with Crippen LogP contribution in [0.2, 0.25) is 0 Å². The van der Waals surface area contributed by atoms with Crippen molar-refractivity contribution >= 4 is 17.6 Å². The van der Waals surface area contributed by atoms with Gasteiger partial charge in [0, 0.05) is 18.4 Å². The average molecular weight is 210 g/mol. The molecular formula is C10H14N2O3. The molecule has 0 radical (unpaired) electrons. The first-order valence-electron chi connectivity index (χ1n) is 4.73. The van der Waals surface area contributed by atoms with Gasteiger partial charge in [-0.25, -0.2) is 0 Å². The van der Waals surface area contributed by atoms with E-state index in [1.54, 1.807) is 6.92 Å². The number of rotatable bonds is 4. The van der Waals surface area contributed by atoms with E-state index < -0.39 is 0 Å². The van der Waals surface area contributed by atoms with Crippen molar-refractivity contribution in [2.45, 2.75) is 33.6 Å². The van der Waals surface area contributed by atoms with Crippen LogP contribution in [0.4, 0.5) is 5.88 Å². The van der Waals surface area contributed by atoms with Crippen molar-refractivity contribution in [1.82, 2.24) is 5.16 Å². The number of anilines is 1. The molecule has 0 saturated carbocycles. The quantitative estimate of drug-likeness (QED) is 0.819.